The molecule has 1 saturated carbocycles. The topological polar surface area (TPSA) is 53.6 Å². The number of likely N-dealkylation sites (N-methyl/N-ethyl adjacent to an activating group) is 1. The maximum Gasteiger partial charge on any atom is 0.221 e. The van der Waals surface area contributed by atoms with Crippen molar-refractivity contribution < 1.29 is 9.53 Å². The Morgan fingerprint density at radius 2 is 2.15 bits per heavy atom. The van der Waals surface area contributed by atoms with E-state index in [9.17, 15) is 4.79 Å². The van der Waals surface area contributed by atoms with E-state index < -0.39 is 0 Å². The van der Waals surface area contributed by atoms with Crippen LogP contribution in [0.4, 0.5) is 0 Å². The van der Waals surface area contributed by atoms with E-state index >= 15 is 0 Å². The van der Waals surface area contributed by atoms with Gasteiger partial charge in [0.1, 0.15) is 0 Å². The molecule has 0 aromatic heterocycles. The SMILES string of the molecule is CC(CNC(=O)CC1COCCN1)N(C)C1CC1.Cl.Cl. The van der Waals surface area contributed by atoms with Gasteiger partial charge in [-0.05, 0) is 26.8 Å². The Labute approximate surface area is 134 Å². The molecule has 1 aliphatic carbocycles. The molecule has 1 amide bonds. The molecule has 2 aliphatic rings. The summed E-state index contributed by atoms with van der Waals surface area (Å²) in [6.07, 6.45) is 3.12. The lowest BCUT2D eigenvalue weighted by Crippen LogP contribution is -2.46. The van der Waals surface area contributed by atoms with Crippen molar-refractivity contribution in [2.24, 2.45) is 0 Å². The summed E-state index contributed by atoms with van der Waals surface area (Å²) < 4.78 is 5.34. The van der Waals surface area contributed by atoms with Gasteiger partial charge in [0, 0.05) is 37.6 Å². The molecule has 0 bridgehead atoms. The number of rotatable bonds is 6. The second-order valence-corrected chi connectivity index (χ2v) is 5.48. The van der Waals surface area contributed by atoms with Crippen LogP contribution in [-0.4, -0.2) is 62.3 Å². The lowest BCUT2D eigenvalue weighted by molar-refractivity contribution is -0.122. The van der Waals surface area contributed by atoms with Gasteiger partial charge in [-0.2, -0.15) is 0 Å². The minimum absolute atomic E-state index is 0. The van der Waals surface area contributed by atoms with Gasteiger partial charge >= 0.3 is 0 Å². The van der Waals surface area contributed by atoms with Crippen molar-refractivity contribution in [2.45, 2.75) is 44.3 Å². The van der Waals surface area contributed by atoms with Crippen LogP contribution in [0.2, 0.25) is 0 Å². The maximum absolute atomic E-state index is 11.8. The average molecular weight is 328 g/mol. The van der Waals surface area contributed by atoms with Gasteiger partial charge in [-0.15, -0.1) is 24.8 Å². The smallest absolute Gasteiger partial charge is 0.221 e. The van der Waals surface area contributed by atoms with Crippen LogP contribution in [0.1, 0.15) is 26.2 Å². The molecule has 2 fully saturated rings. The van der Waals surface area contributed by atoms with Gasteiger partial charge in [-0.25, -0.2) is 0 Å². The minimum Gasteiger partial charge on any atom is -0.378 e. The van der Waals surface area contributed by atoms with Gasteiger partial charge in [0.15, 0.2) is 0 Å². The number of ether oxygens (including phenoxy) is 1. The number of nitrogens with zero attached hydrogens (tertiary/aromatic N) is 1. The molecule has 20 heavy (non-hydrogen) atoms. The summed E-state index contributed by atoms with van der Waals surface area (Å²) in [5.41, 5.74) is 0. The van der Waals surface area contributed by atoms with Crippen molar-refractivity contribution in [3.63, 3.8) is 0 Å². The molecule has 2 unspecified atom stereocenters. The Morgan fingerprint density at radius 1 is 1.45 bits per heavy atom. The molecule has 5 nitrogen and oxygen atoms in total. The molecule has 120 valence electrons. The third-order valence-electron chi connectivity index (χ3n) is 3.84. The number of carbonyl (C=O) groups excluding carboxylic acids is 1. The molecule has 1 aliphatic heterocycles. The zero-order valence-electron chi connectivity index (χ0n) is 12.3. The fourth-order valence-corrected chi connectivity index (χ4v) is 2.29. The molecule has 1 saturated heterocycles. The van der Waals surface area contributed by atoms with E-state index in [0.717, 1.165) is 25.7 Å². The lowest BCUT2D eigenvalue weighted by atomic mass is 10.2. The highest BCUT2D eigenvalue weighted by Crippen LogP contribution is 2.26. The number of amides is 1. The third-order valence-corrected chi connectivity index (χ3v) is 3.84. The molecule has 0 radical (unpaired) electrons. The van der Waals surface area contributed by atoms with Crippen LogP contribution in [0, 0.1) is 0 Å². The summed E-state index contributed by atoms with van der Waals surface area (Å²) in [6, 6.07) is 1.33. The summed E-state index contributed by atoms with van der Waals surface area (Å²) in [4.78, 5) is 14.2. The van der Waals surface area contributed by atoms with E-state index in [-0.39, 0.29) is 36.8 Å². The number of hydrogen-bond donors (Lipinski definition) is 2. The van der Waals surface area contributed by atoms with Crippen LogP contribution in [0.25, 0.3) is 0 Å². The van der Waals surface area contributed by atoms with E-state index in [4.69, 9.17) is 4.74 Å². The Morgan fingerprint density at radius 3 is 2.70 bits per heavy atom. The summed E-state index contributed by atoms with van der Waals surface area (Å²) in [5, 5.41) is 6.31. The Kier molecular flexibility index (Phi) is 9.76. The molecule has 0 spiro atoms. The quantitative estimate of drug-likeness (QED) is 0.758. The second kappa shape index (κ2) is 9.79. The molecule has 0 aromatic rings. The largest absolute Gasteiger partial charge is 0.378 e. The Balaban J connectivity index is 0.00000180. The van der Waals surface area contributed by atoms with Gasteiger partial charge in [0.2, 0.25) is 5.91 Å². The molecular weight excluding hydrogens is 301 g/mol. The van der Waals surface area contributed by atoms with Gasteiger partial charge in [0.25, 0.3) is 0 Å². The minimum atomic E-state index is 0. The van der Waals surface area contributed by atoms with Gasteiger partial charge < -0.3 is 15.4 Å². The van der Waals surface area contributed by atoms with E-state index in [1.165, 1.54) is 12.8 Å². The van der Waals surface area contributed by atoms with Gasteiger partial charge in [-0.1, -0.05) is 0 Å². The van der Waals surface area contributed by atoms with Crippen molar-refractivity contribution in [2.75, 3.05) is 33.4 Å². The molecule has 7 heteroatoms. The Bertz CT molecular complexity index is 285. The highest BCUT2D eigenvalue weighted by molar-refractivity contribution is 5.85. The molecule has 2 N–H and O–H groups in total. The van der Waals surface area contributed by atoms with Crippen molar-refractivity contribution >= 4 is 30.7 Å². The first-order valence-electron chi connectivity index (χ1n) is 6.96. The zero-order valence-corrected chi connectivity index (χ0v) is 13.9. The van der Waals surface area contributed by atoms with Crippen LogP contribution >= 0.6 is 24.8 Å². The van der Waals surface area contributed by atoms with E-state index in [2.05, 4.69) is 29.5 Å². The molecular formula is C13H27Cl2N3O2. The molecule has 2 rings (SSSR count). The van der Waals surface area contributed by atoms with Crippen molar-refractivity contribution in [1.29, 1.82) is 0 Å². The fourth-order valence-electron chi connectivity index (χ4n) is 2.29. The first-order valence-corrected chi connectivity index (χ1v) is 6.96. The summed E-state index contributed by atoms with van der Waals surface area (Å²) in [6.45, 7) is 5.14. The summed E-state index contributed by atoms with van der Waals surface area (Å²) in [5.74, 6) is 0.119. The predicted octanol–water partition coefficient (Wildman–Crippen LogP) is 0.807. The number of morpholine rings is 1. The van der Waals surface area contributed by atoms with Crippen molar-refractivity contribution in [1.82, 2.24) is 15.5 Å². The zero-order chi connectivity index (χ0) is 13.0. The first kappa shape index (κ1) is 19.9. The first-order chi connectivity index (χ1) is 8.66. The summed E-state index contributed by atoms with van der Waals surface area (Å²) >= 11 is 0. The molecule has 1 heterocycles. The second-order valence-electron chi connectivity index (χ2n) is 5.48. The molecule has 2 atom stereocenters. The monoisotopic (exact) mass is 327 g/mol. The van der Waals surface area contributed by atoms with E-state index in [0.29, 0.717) is 19.1 Å². The number of carbonyl (C=O) groups is 1. The third kappa shape index (κ3) is 6.59. The van der Waals surface area contributed by atoms with Crippen LogP contribution in [-0.2, 0) is 9.53 Å². The van der Waals surface area contributed by atoms with E-state index in [1.54, 1.807) is 0 Å². The van der Waals surface area contributed by atoms with Crippen LogP contribution < -0.4 is 10.6 Å². The van der Waals surface area contributed by atoms with Crippen molar-refractivity contribution in [3.05, 3.63) is 0 Å². The molecule has 0 aromatic carbocycles. The maximum atomic E-state index is 11.8. The standard InChI is InChI=1S/C13H25N3O2.2ClH/c1-10(16(2)12-3-4-12)8-15-13(17)7-11-9-18-6-5-14-11;;/h10-12,14H,3-9H2,1-2H3,(H,15,17);2*1H. The van der Waals surface area contributed by atoms with Crippen molar-refractivity contribution in [3.8, 4) is 0 Å². The number of halogens is 2. The van der Waals surface area contributed by atoms with Crippen LogP contribution in [0.5, 0.6) is 0 Å². The predicted molar refractivity (Wildman–Crippen MR) is 85.0 cm³/mol. The highest BCUT2D eigenvalue weighted by atomic mass is 35.5. The highest BCUT2D eigenvalue weighted by Gasteiger charge is 2.29. The lowest BCUT2D eigenvalue weighted by Gasteiger charge is -2.26. The summed E-state index contributed by atoms with van der Waals surface area (Å²) in [7, 11) is 2.14. The van der Waals surface area contributed by atoms with Crippen LogP contribution in [0.15, 0.2) is 0 Å². The van der Waals surface area contributed by atoms with Crippen LogP contribution in [0.3, 0.4) is 0 Å². The Hall–Kier alpha value is -0.0700. The van der Waals surface area contributed by atoms with Gasteiger partial charge in [0.05, 0.1) is 13.2 Å². The fraction of sp³-hybridized carbons (Fsp3) is 0.923. The van der Waals surface area contributed by atoms with E-state index in [1.807, 2.05) is 0 Å². The number of hydrogen-bond acceptors (Lipinski definition) is 4. The normalized spacial score (nSPS) is 23.4. The number of nitrogens with one attached hydrogen (secondary N) is 2. The van der Waals surface area contributed by atoms with Gasteiger partial charge in [-0.3, -0.25) is 9.69 Å². The average Bonchev–Trinajstić information content (AvgIpc) is 3.20.